The van der Waals surface area contributed by atoms with Crippen LogP contribution in [0.2, 0.25) is 0 Å². The van der Waals surface area contributed by atoms with Gasteiger partial charge in [0.15, 0.2) is 0 Å². The van der Waals surface area contributed by atoms with Gasteiger partial charge < -0.3 is 14.6 Å². The third-order valence-electron chi connectivity index (χ3n) is 4.25. The maximum absolute atomic E-state index is 5.19. The van der Waals surface area contributed by atoms with Crippen LogP contribution in [-0.4, -0.2) is 21.6 Å². The summed E-state index contributed by atoms with van der Waals surface area (Å²) in [7, 11) is 3.72. The Morgan fingerprint density at radius 3 is 2.60 bits per heavy atom. The molecule has 0 aliphatic heterocycles. The van der Waals surface area contributed by atoms with E-state index in [1.165, 1.54) is 0 Å². The zero-order valence-electron chi connectivity index (χ0n) is 14.1. The minimum Gasteiger partial charge on any atom is -0.497 e. The number of fused-ring (bicyclic) bond motifs is 1. The highest BCUT2D eigenvalue weighted by Gasteiger charge is 2.09. The second-order valence-electron chi connectivity index (χ2n) is 5.81. The lowest BCUT2D eigenvalue weighted by Gasteiger charge is -2.08. The van der Waals surface area contributed by atoms with Gasteiger partial charge in [0.1, 0.15) is 11.6 Å². The molecular weight excluding hydrogens is 312 g/mol. The zero-order chi connectivity index (χ0) is 17.2. The van der Waals surface area contributed by atoms with Crippen molar-refractivity contribution in [2.75, 3.05) is 12.4 Å². The van der Waals surface area contributed by atoms with Crippen molar-refractivity contribution in [1.82, 2.24) is 14.5 Å². The van der Waals surface area contributed by atoms with Gasteiger partial charge in [0.2, 0.25) is 0 Å². The van der Waals surface area contributed by atoms with Crippen molar-refractivity contribution >= 4 is 22.4 Å². The van der Waals surface area contributed by atoms with Crippen LogP contribution in [0.5, 0.6) is 5.75 Å². The van der Waals surface area contributed by atoms with Gasteiger partial charge in [-0.2, -0.15) is 0 Å². The Labute approximate surface area is 145 Å². The third-order valence-corrected chi connectivity index (χ3v) is 4.25. The van der Waals surface area contributed by atoms with E-state index in [2.05, 4.69) is 45.1 Å². The number of nitrogens with one attached hydrogen (secondary N) is 1. The molecule has 0 aliphatic rings. The van der Waals surface area contributed by atoms with Gasteiger partial charge in [0.05, 0.1) is 18.3 Å². The van der Waals surface area contributed by atoms with Crippen LogP contribution in [0.1, 0.15) is 0 Å². The molecule has 5 heteroatoms. The lowest BCUT2D eigenvalue weighted by atomic mass is 10.2. The summed E-state index contributed by atoms with van der Waals surface area (Å²) in [6.45, 7) is 0. The van der Waals surface area contributed by atoms with E-state index in [0.29, 0.717) is 0 Å². The van der Waals surface area contributed by atoms with Crippen molar-refractivity contribution in [3.05, 3.63) is 67.1 Å². The normalized spacial score (nSPS) is 10.8. The Morgan fingerprint density at radius 1 is 1.04 bits per heavy atom. The van der Waals surface area contributed by atoms with Crippen molar-refractivity contribution in [1.29, 1.82) is 0 Å². The van der Waals surface area contributed by atoms with E-state index in [0.717, 1.165) is 39.4 Å². The predicted molar refractivity (Wildman–Crippen MR) is 100 cm³/mol. The van der Waals surface area contributed by atoms with Gasteiger partial charge in [0.25, 0.3) is 0 Å². The molecular formula is C20H18N4O. The van der Waals surface area contributed by atoms with Gasteiger partial charge in [-0.1, -0.05) is 0 Å². The predicted octanol–water partition coefficient (Wildman–Crippen LogP) is 4.39. The first-order valence-electron chi connectivity index (χ1n) is 8.01. The van der Waals surface area contributed by atoms with Gasteiger partial charge >= 0.3 is 0 Å². The number of methoxy groups -OCH3 is 1. The summed E-state index contributed by atoms with van der Waals surface area (Å²) in [6.07, 6.45) is 5.55. The second-order valence-corrected chi connectivity index (χ2v) is 5.81. The van der Waals surface area contributed by atoms with E-state index < -0.39 is 0 Å². The smallest absolute Gasteiger partial charge is 0.132 e. The monoisotopic (exact) mass is 330 g/mol. The molecule has 0 radical (unpaired) electrons. The molecule has 3 aromatic heterocycles. The topological polar surface area (TPSA) is 52.0 Å². The zero-order valence-corrected chi connectivity index (χ0v) is 14.1. The van der Waals surface area contributed by atoms with Gasteiger partial charge in [-0.25, -0.2) is 4.98 Å². The Morgan fingerprint density at radius 2 is 1.88 bits per heavy atom. The summed E-state index contributed by atoms with van der Waals surface area (Å²) in [5.74, 6) is 1.63. The van der Waals surface area contributed by atoms with Gasteiger partial charge in [-0.15, -0.1) is 0 Å². The van der Waals surface area contributed by atoms with E-state index in [-0.39, 0.29) is 0 Å². The second kappa shape index (κ2) is 6.28. The molecule has 0 amide bonds. The molecule has 0 aliphatic carbocycles. The minimum absolute atomic E-state index is 0.802. The molecule has 4 aromatic rings. The maximum atomic E-state index is 5.19. The van der Waals surface area contributed by atoms with E-state index in [1.54, 1.807) is 13.3 Å². The Balaban J connectivity index is 1.69. The van der Waals surface area contributed by atoms with E-state index in [4.69, 9.17) is 4.74 Å². The highest BCUT2D eigenvalue weighted by atomic mass is 16.5. The molecule has 0 unspecified atom stereocenters. The summed E-state index contributed by atoms with van der Waals surface area (Å²) < 4.78 is 7.35. The van der Waals surface area contributed by atoms with Crippen LogP contribution in [0.3, 0.4) is 0 Å². The first kappa shape index (κ1) is 15.2. The number of hydrogen-bond acceptors (Lipinski definition) is 4. The van der Waals surface area contributed by atoms with Crippen LogP contribution in [0.15, 0.2) is 67.1 Å². The highest BCUT2D eigenvalue weighted by molar-refractivity contribution is 5.88. The van der Waals surface area contributed by atoms with Gasteiger partial charge in [-0.3, -0.25) is 4.98 Å². The van der Waals surface area contributed by atoms with Crippen LogP contribution in [0.4, 0.5) is 11.5 Å². The Hall–Kier alpha value is -3.34. The first-order valence-corrected chi connectivity index (χ1v) is 8.01. The van der Waals surface area contributed by atoms with Crippen molar-refractivity contribution in [2.24, 2.45) is 7.05 Å². The maximum Gasteiger partial charge on any atom is 0.132 e. The molecule has 1 aromatic carbocycles. The summed E-state index contributed by atoms with van der Waals surface area (Å²) in [6, 6.07) is 16.0. The quantitative estimate of drug-likeness (QED) is 0.603. The molecule has 1 N–H and O–H groups in total. The van der Waals surface area contributed by atoms with Crippen LogP contribution < -0.4 is 10.1 Å². The molecule has 3 heterocycles. The fraction of sp³-hybridized carbons (Fsp3) is 0.100. The Bertz CT molecular complexity index is 1010. The average Bonchev–Trinajstić information content (AvgIpc) is 2.99. The summed E-state index contributed by atoms with van der Waals surface area (Å²) >= 11 is 0. The van der Waals surface area contributed by atoms with E-state index in [1.807, 2.05) is 42.7 Å². The first-order chi connectivity index (χ1) is 12.2. The lowest BCUT2D eigenvalue weighted by molar-refractivity contribution is 0.415. The van der Waals surface area contributed by atoms with Crippen LogP contribution in [-0.2, 0) is 7.05 Å². The molecule has 0 spiro atoms. The van der Waals surface area contributed by atoms with E-state index >= 15 is 0 Å². The fourth-order valence-corrected chi connectivity index (χ4v) is 2.91. The number of ether oxygens (including phenoxy) is 1. The minimum atomic E-state index is 0.802. The highest BCUT2D eigenvalue weighted by Crippen LogP contribution is 2.28. The van der Waals surface area contributed by atoms with E-state index in [9.17, 15) is 0 Å². The molecule has 25 heavy (non-hydrogen) atoms. The van der Waals surface area contributed by atoms with Gasteiger partial charge in [0, 0.05) is 48.3 Å². The number of aryl methyl sites for hydroxylation is 1. The number of anilines is 2. The molecule has 5 nitrogen and oxygen atoms in total. The van der Waals surface area contributed by atoms with Crippen LogP contribution in [0.25, 0.3) is 22.2 Å². The summed E-state index contributed by atoms with van der Waals surface area (Å²) in [5.41, 5.74) is 4.29. The number of aromatic nitrogens is 3. The molecule has 0 bridgehead atoms. The number of nitrogens with zero attached hydrogens (tertiary/aromatic N) is 3. The fourth-order valence-electron chi connectivity index (χ4n) is 2.91. The number of rotatable bonds is 4. The van der Waals surface area contributed by atoms with Gasteiger partial charge in [-0.05, 0) is 42.5 Å². The number of pyridine rings is 2. The molecule has 4 rings (SSSR count). The largest absolute Gasteiger partial charge is 0.497 e. The number of hydrogen-bond donors (Lipinski definition) is 1. The number of benzene rings is 1. The SMILES string of the molecule is COc1ccc(Nc2cc3c(cn2)cc(-c2cccnc2)n3C)cc1. The van der Waals surface area contributed by atoms with Crippen molar-refractivity contribution in [3.8, 4) is 17.0 Å². The van der Waals surface area contributed by atoms with Crippen LogP contribution in [0, 0.1) is 0 Å². The molecule has 124 valence electrons. The molecule has 0 saturated carbocycles. The van der Waals surface area contributed by atoms with Crippen molar-refractivity contribution in [2.45, 2.75) is 0 Å². The molecule has 0 fully saturated rings. The average molecular weight is 330 g/mol. The standard InChI is InChI=1S/C20H18N4O/c1-24-18(14-4-3-9-21-12-14)10-15-13-22-20(11-19(15)24)23-16-5-7-17(25-2)8-6-16/h3-13H,1-2H3,(H,22,23). The summed E-state index contributed by atoms with van der Waals surface area (Å²) in [5, 5.41) is 4.43. The lowest BCUT2D eigenvalue weighted by Crippen LogP contribution is -1.95. The third kappa shape index (κ3) is 2.92. The summed E-state index contributed by atoms with van der Waals surface area (Å²) in [4.78, 5) is 8.73. The van der Waals surface area contributed by atoms with Crippen molar-refractivity contribution < 1.29 is 4.74 Å². The Kier molecular flexibility index (Phi) is 3.82. The molecule has 0 atom stereocenters. The molecule has 0 saturated heterocycles. The van der Waals surface area contributed by atoms with Crippen LogP contribution >= 0.6 is 0 Å². The van der Waals surface area contributed by atoms with Crippen molar-refractivity contribution in [3.63, 3.8) is 0 Å².